The van der Waals surface area contributed by atoms with Gasteiger partial charge in [0.2, 0.25) is 5.91 Å². The van der Waals surface area contributed by atoms with Crippen LogP contribution in [0, 0.1) is 13.8 Å². The molecule has 0 radical (unpaired) electrons. The maximum Gasteiger partial charge on any atom is 0.240 e. The standard InChI is InChI=1S/C14H19N5OS2/c1-9-8-21-14(15-9)16-12(20)7-19-5-3-11(4-6-19)13-18-17-10(2)22-13/h8,11H,3-7H2,1-2H3,(H,15,16,20). The molecule has 3 rings (SSSR count). The van der Waals surface area contributed by atoms with Gasteiger partial charge >= 0.3 is 0 Å². The van der Waals surface area contributed by atoms with E-state index in [4.69, 9.17) is 0 Å². The highest BCUT2D eigenvalue weighted by Crippen LogP contribution is 2.29. The molecule has 118 valence electrons. The summed E-state index contributed by atoms with van der Waals surface area (Å²) in [5.74, 6) is 0.506. The van der Waals surface area contributed by atoms with Gasteiger partial charge in [-0.1, -0.05) is 0 Å². The topological polar surface area (TPSA) is 71.0 Å². The SMILES string of the molecule is Cc1csc(NC(=O)CN2CCC(c3nnc(C)s3)CC2)n1. The van der Waals surface area contributed by atoms with Gasteiger partial charge in [0.15, 0.2) is 5.13 Å². The Bertz CT molecular complexity index is 645. The zero-order valence-electron chi connectivity index (χ0n) is 12.7. The van der Waals surface area contributed by atoms with E-state index in [1.54, 1.807) is 11.3 Å². The number of carbonyl (C=O) groups is 1. The van der Waals surface area contributed by atoms with Crippen molar-refractivity contribution in [2.24, 2.45) is 0 Å². The molecule has 3 heterocycles. The summed E-state index contributed by atoms with van der Waals surface area (Å²) in [5, 5.41) is 16.0. The molecule has 2 aromatic rings. The fraction of sp³-hybridized carbons (Fsp3) is 0.571. The second-order valence-electron chi connectivity index (χ2n) is 5.55. The Morgan fingerprint density at radius 2 is 2.14 bits per heavy atom. The van der Waals surface area contributed by atoms with E-state index in [-0.39, 0.29) is 5.91 Å². The Hall–Kier alpha value is -1.38. The molecule has 0 spiro atoms. The number of hydrogen-bond acceptors (Lipinski definition) is 7. The van der Waals surface area contributed by atoms with Crippen molar-refractivity contribution in [1.82, 2.24) is 20.1 Å². The molecule has 1 fully saturated rings. The Labute approximate surface area is 137 Å². The first kappa shape index (κ1) is 15.5. The molecule has 0 aliphatic carbocycles. The minimum atomic E-state index is 0.0135. The number of hydrogen-bond donors (Lipinski definition) is 1. The van der Waals surface area contributed by atoms with Crippen LogP contribution in [-0.4, -0.2) is 45.6 Å². The molecular formula is C14H19N5OS2. The summed E-state index contributed by atoms with van der Waals surface area (Å²) in [6.07, 6.45) is 2.08. The van der Waals surface area contributed by atoms with E-state index in [2.05, 4.69) is 25.4 Å². The van der Waals surface area contributed by atoms with Gasteiger partial charge in [-0.25, -0.2) is 4.98 Å². The van der Waals surface area contributed by atoms with Crippen molar-refractivity contribution in [2.75, 3.05) is 25.0 Å². The predicted molar refractivity (Wildman–Crippen MR) is 88.5 cm³/mol. The number of anilines is 1. The number of amides is 1. The van der Waals surface area contributed by atoms with E-state index in [0.717, 1.165) is 41.6 Å². The predicted octanol–water partition coefficient (Wildman–Crippen LogP) is 2.43. The smallest absolute Gasteiger partial charge is 0.240 e. The van der Waals surface area contributed by atoms with Gasteiger partial charge in [0.1, 0.15) is 10.0 Å². The monoisotopic (exact) mass is 337 g/mol. The third kappa shape index (κ3) is 3.88. The van der Waals surface area contributed by atoms with Crippen molar-refractivity contribution in [1.29, 1.82) is 0 Å². The lowest BCUT2D eigenvalue weighted by Gasteiger charge is -2.30. The van der Waals surface area contributed by atoms with Gasteiger partial charge in [-0.15, -0.1) is 32.9 Å². The van der Waals surface area contributed by atoms with Gasteiger partial charge in [-0.05, 0) is 39.8 Å². The van der Waals surface area contributed by atoms with Crippen molar-refractivity contribution < 1.29 is 4.79 Å². The number of carbonyl (C=O) groups excluding carboxylic acids is 1. The van der Waals surface area contributed by atoms with Crippen molar-refractivity contribution in [3.63, 3.8) is 0 Å². The van der Waals surface area contributed by atoms with Crippen molar-refractivity contribution in [2.45, 2.75) is 32.6 Å². The lowest BCUT2D eigenvalue weighted by atomic mass is 9.98. The highest BCUT2D eigenvalue weighted by molar-refractivity contribution is 7.14. The average Bonchev–Trinajstić information content (AvgIpc) is 3.08. The van der Waals surface area contributed by atoms with Crippen molar-refractivity contribution in [3.05, 3.63) is 21.1 Å². The molecule has 8 heteroatoms. The molecule has 0 bridgehead atoms. The summed E-state index contributed by atoms with van der Waals surface area (Å²) in [5.41, 5.74) is 0.938. The third-order valence-electron chi connectivity index (χ3n) is 3.71. The van der Waals surface area contributed by atoms with Gasteiger partial charge in [0.05, 0.1) is 12.2 Å². The van der Waals surface area contributed by atoms with Crippen molar-refractivity contribution in [3.8, 4) is 0 Å². The van der Waals surface area contributed by atoms with E-state index in [1.807, 2.05) is 19.2 Å². The lowest BCUT2D eigenvalue weighted by molar-refractivity contribution is -0.117. The molecule has 0 aromatic carbocycles. The third-order valence-corrected chi connectivity index (χ3v) is 5.59. The molecule has 1 saturated heterocycles. The Balaban J connectivity index is 1.46. The van der Waals surface area contributed by atoms with Crippen LogP contribution < -0.4 is 5.32 Å². The second kappa shape index (κ2) is 6.80. The number of nitrogens with one attached hydrogen (secondary N) is 1. The van der Waals surface area contributed by atoms with Crippen LogP contribution in [0.4, 0.5) is 5.13 Å². The Kier molecular flexibility index (Phi) is 4.80. The lowest BCUT2D eigenvalue weighted by Crippen LogP contribution is -2.38. The second-order valence-corrected chi connectivity index (χ2v) is 7.62. The quantitative estimate of drug-likeness (QED) is 0.928. The molecule has 0 unspecified atom stereocenters. The zero-order chi connectivity index (χ0) is 15.5. The first-order valence-electron chi connectivity index (χ1n) is 7.34. The van der Waals surface area contributed by atoms with E-state index >= 15 is 0 Å². The molecule has 6 nitrogen and oxygen atoms in total. The minimum Gasteiger partial charge on any atom is -0.301 e. The van der Waals surface area contributed by atoms with Crippen LogP contribution in [0.3, 0.4) is 0 Å². The van der Waals surface area contributed by atoms with E-state index in [1.165, 1.54) is 11.3 Å². The number of aryl methyl sites for hydroxylation is 2. The highest BCUT2D eigenvalue weighted by Gasteiger charge is 2.24. The molecule has 0 atom stereocenters. The molecule has 2 aromatic heterocycles. The number of thiazole rings is 1. The van der Waals surface area contributed by atoms with Crippen LogP contribution in [-0.2, 0) is 4.79 Å². The summed E-state index contributed by atoms with van der Waals surface area (Å²) < 4.78 is 0. The summed E-state index contributed by atoms with van der Waals surface area (Å²) in [7, 11) is 0. The number of nitrogens with zero attached hydrogens (tertiary/aromatic N) is 4. The molecule has 1 aliphatic rings. The van der Waals surface area contributed by atoms with Crippen LogP contribution in [0.15, 0.2) is 5.38 Å². The molecular weight excluding hydrogens is 318 g/mol. The van der Waals surface area contributed by atoms with E-state index in [0.29, 0.717) is 17.6 Å². The van der Waals surface area contributed by atoms with Gasteiger partial charge in [-0.3, -0.25) is 9.69 Å². The van der Waals surface area contributed by atoms with E-state index < -0.39 is 0 Å². The van der Waals surface area contributed by atoms with Crippen molar-refractivity contribution >= 4 is 33.7 Å². The summed E-state index contributed by atoms with van der Waals surface area (Å²) in [4.78, 5) is 18.5. The van der Waals surface area contributed by atoms with Gasteiger partial charge in [0.25, 0.3) is 0 Å². The average molecular weight is 337 g/mol. The minimum absolute atomic E-state index is 0.0135. The fourth-order valence-corrected chi connectivity index (χ4v) is 4.16. The Morgan fingerprint density at radius 3 is 2.73 bits per heavy atom. The number of piperidine rings is 1. The largest absolute Gasteiger partial charge is 0.301 e. The van der Waals surface area contributed by atoms with Crippen LogP contribution in [0.1, 0.15) is 34.5 Å². The summed E-state index contributed by atoms with van der Waals surface area (Å²) in [6.45, 7) is 6.19. The molecule has 0 saturated carbocycles. The first-order valence-corrected chi connectivity index (χ1v) is 9.04. The van der Waals surface area contributed by atoms with E-state index in [9.17, 15) is 4.79 Å². The Morgan fingerprint density at radius 1 is 1.36 bits per heavy atom. The highest BCUT2D eigenvalue weighted by atomic mass is 32.1. The first-order chi connectivity index (χ1) is 10.6. The molecule has 1 N–H and O–H groups in total. The van der Waals surface area contributed by atoms with Crippen LogP contribution in [0.2, 0.25) is 0 Å². The molecule has 1 amide bonds. The molecule has 22 heavy (non-hydrogen) atoms. The number of likely N-dealkylation sites (tertiary alicyclic amines) is 1. The summed E-state index contributed by atoms with van der Waals surface area (Å²) in [6, 6.07) is 0. The normalized spacial score (nSPS) is 16.8. The fourth-order valence-electron chi connectivity index (χ4n) is 2.59. The van der Waals surface area contributed by atoms with Crippen LogP contribution in [0.25, 0.3) is 0 Å². The number of rotatable bonds is 4. The molecule has 1 aliphatic heterocycles. The number of aromatic nitrogens is 3. The zero-order valence-corrected chi connectivity index (χ0v) is 14.3. The van der Waals surface area contributed by atoms with Gasteiger partial charge in [-0.2, -0.15) is 0 Å². The van der Waals surface area contributed by atoms with Gasteiger partial charge < -0.3 is 5.32 Å². The summed E-state index contributed by atoms with van der Waals surface area (Å²) >= 11 is 3.15. The van der Waals surface area contributed by atoms with Crippen LogP contribution >= 0.6 is 22.7 Å². The maximum absolute atomic E-state index is 12.0. The van der Waals surface area contributed by atoms with Gasteiger partial charge in [0, 0.05) is 11.3 Å². The maximum atomic E-state index is 12.0. The van der Waals surface area contributed by atoms with Crippen LogP contribution in [0.5, 0.6) is 0 Å².